The number of hydrogen-bond donors (Lipinski definition) is 2. The highest BCUT2D eigenvalue weighted by Gasteiger charge is 2.08. The van der Waals surface area contributed by atoms with Crippen molar-refractivity contribution < 1.29 is 38.9 Å². The second-order valence-corrected chi connectivity index (χ2v) is 7.28. The minimum absolute atomic E-state index is 0.0611. The molecule has 8 nitrogen and oxygen atoms in total. The van der Waals surface area contributed by atoms with Gasteiger partial charge in [-0.25, -0.2) is 0 Å². The maximum atomic E-state index is 11.9. The molecule has 0 saturated carbocycles. The number of carbonyl (C=O) groups excluding carboxylic acids is 2. The molecule has 0 aliphatic carbocycles. The van der Waals surface area contributed by atoms with E-state index in [9.17, 15) is 19.2 Å². The zero-order chi connectivity index (χ0) is 23.3. The molecular formula is C24H26O8. The van der Waals surface area contributed by atoms with Gasteiger partial charge in [0.15, 0.2) is 0 Å². The van der Waals surface area contributed by atoms with Crippen molar-refractivity contribution >= 4 is 23.9 Å². The molecule has 8 heteroatoms. The topological polar surface area (TPSA) is 127 Å². The van der Waals surface area contributed by atoms with Gasteiger partial charge in [0.25, 0.3) is 0 Å². The van der Waals surface area contributed by atoms with Crippen LogP contribution in [-0.2, 0) is 54.3 Å². The molecule has 0 unspecified atom stereocenters. The van der Waals surface area contributed by atoms with Crippen molar-refractivity contribution in [3.8, 4) is 0 Å². The summed E-state index contributed by atoms with van der Waals surface area (Å²) in [6.07, 6.45) is 1.20. The molecule has 0 spiro atoms. The Balaban J connectivity index is 1.56. The lowest BCUT2D eigenvalue weighted by atomic mass is 10.1. The molecule has 0 bridgehead atoms. The van der Waals surface area contributed by atoms with Gasteiger partial charge in [0.1, 0.15) is 0 Å². The fourth-order valence-electron chi connectivity index (χ4n) is 2.91. The van der Waals surface area contributed by atoms with Gasteiger partial charge in [0.05, 0.1) is 38.9 Å². The Morgan fingerprint density at radius 3 is 1.09 bits per heavy atom. The van der Waals surface area contributed by atoms with Crippen molar-refractivity contribution in [1.29, 1.82) is 0 Å². The molecule has 0 heterocycles. The molecular weight excluding hydrogens is 416 g/mol. The highest BCUT2D eigenvalue weighted by atomic mass is 16.5. The Bertz CT molecular complexity index is 839. The highest BCUT2D eigenvalue weighted by molar-refractivity contribution is 5.74. The van der Waals surface area contributed by atoms with E-state index in [1.165, 1.54) is 0 Å². The van der Waals surface area contributed by atoms with Gasteiger partial charge in [0.2, 0.25) is 0 Å². The van der Waals surface area contributed by atoms with Crippen LogP contribution in [0.25, 0.3) is 0 Å². The van der Waals surface area contributed by atoms with Gasteiger partial charge in [-0.05, 0) is 35.1 Å². The van der Waals surface area contributed by atoms with Crippen LogP contribution in [0.1, 0.15) is 35.1 Å². The SMILES string of the molecule is O=C(O)Cc1ccc(CC(=O)OCCCCOC(=O)Cc2ccc(CC(=O)O)cc2)cc1. The van der Waals surface area contributed by atoms with E-state index in [0.717, 1.165) is 11.1 Å². The monoisotopic (exact) mass is 442 g/mol. The third-order valence-corrected chi connectivity index (χ3v) is 4.52. The zero-order valence-corrected chi connectivity index (χ0v) is 17.6. The molecule has 0 aliphatic rings. The molecule has 2 aromatic carbocycles. The summed E-state index contributed by atoms with van der Waals surface area (Å²) in [5.74, 6) is -2.57. The van der Waals surface area contributed by atoms with Crippen LogP contribution in [0, 0.1) is 0 Å². The van der Waals surface area contributed by atoms with Crippen LogP contribution in [0.4, 0.5) is 0 Å². The second kappa shape index (κ2) is 12.9. The van der Waals surface area contributed by atoms with Crippen LogP contribution in [0.2, 0.25) is 0 Å². The number of hydrogen-bond acceptors (Lipinski definition) is 6. The molecule has 0 aliphatic heterocycles. The number of carboxylic acid groups (broad SMARTS) is 2. The predicted octanol–water partition coefficient (Wildman–Crippen LogP) is 2.59. The molecule has 0 saturated heterocycles. The van der Waals surface area contributed by atoms with Gasteiger partial charge in [-0.3, -0.25) is 19.2 Å². The van der Waals surface area contributed by atoms with E-state index in [0.29, 0.717) is 24.0 Å². The van der Waals surface area contributed by atoms with Gasteiger partial charge in [-0.15, -0.1) is 0 Å². The largest absolute Gasteiger partial charge is 0.481 e. The first kappa shape index (κ1) is 24.6. The number of carboxylic acids is 2. The number of aliphatic carboxylic acids is 2. The van der Waals surface area contributed by atoms with Crippen molar-refractivity contribution in [3.05, 3.63) is 70.8 Å². The third kappa shape index (κ3) is 9.88. The van der Waals surface area contributed by atoms with E-state index in [2.05, 4.69) is 0 Å². The lowest BCUT2D eigenvalue weighted by Gasteiger charge is -2.07. The van der Waals surface area contributed by atoms with Crippen molar-refractivity contribution in [3.63, 3.8) is 0 Å². The summed E-state index contributed by atoms with van der Waals surface area (Å²) < 4.78 is 10.3. The molecule has 32 heavy (non-hydrogen) atoms. The molecule has 0 aromatic heterocycles. The van der Waals surface area contributed by atoms with E-state index in [1.54, 1.807) is 48.5 Å². The van der Waals surface area contributed by atoms with E-state index >= 15 is 0 Å². The zero-order valence-electron chi connectivity index (χ0n) is 17.6. The van der Waals surface area contributed by atoms with Gasteiger partial charge in [0, 0.05) is 0 Å². The van der Waals surface area contributed by atoms with E-state index in [4.69, 9.17) is 19.7 Å². The average molecular weight is 442 g/mol. The summed E-state index contributed by atoms with van der Waals surface area (Å²) in [7, 11) is 0. The summed E-state index contributed by atoms with van der Waals surface area (Å²) >= 11 is 0. The van der Waals surface area contributed by atoms with Crippen LogP contribution in [0.5, 0.6) is 0 Å². The fourth-order valence-corrected chi connectivity index (χ4v) is 2.91. The van der Waals surface area contributed by atoms with Gasteiger partial charge in [-0.2, -0.15) is 0 Å². The summed E-state index contributed by atoms with van der Waals surface area (Å²) in [4.78, 5) is 45.1. The summed E-state index contributed by atoms with van der Waals surface area (Å²) in [5.41, 5.74) is 2.82. The van der Waals surface area contributed by atoms with Crippen molar-refractivity contribution in [2.24, 2.45) is 0 Å². The lowest BCUT2D eigenvalue weighted by molar-refractivity contribution is -0.145. The van der Waals surface area contributed by atoms with Crippen molar-refractivity contribution in [2.45, 2.75) is 38.5 Å². The molecule has 170 valence electrons. The number of ether oxygens (including phenoxy) is 2. The first-order valence-electron chi connectivity index (χ1n) is 10.2. The fraction of sp³-hybridized carbons (Fsp3) is 0.333. The Hall–Kier alpha value is -3.68. The number of benzene rings is 2. The Kier molecular flexibility index (Phi) is 9.90. The number of carbonyl (C=O) groups is 4. The van der Waals surface area contributed by atoms with Crippen LogP contribution < -0.4 is 0 Å². The molecule has 2 aromatic rings. The summed E-state index contributed by atoms with van der Waals surface area (Å²) in [6, 6.07) is 13.5. The second-order valence-electron chi connectivity index (χ2n) is 7.28. The summed E-state index contributed by atoms with van der Waals surface area (Å²) in [5, 5.41) is 17.5. The van der Waals surface area contributed by atoms with Crippen LogP contribution in [0.3, 0.4) is 0 Å². The number of rotatable bonds is 13. The first-order chi connectivity index (χ1) is 15.3. The van der Waals surface area contributed by atoms with Crippen molar-refractivity contribution in [1.82, 2.24) is 0 Å². The molecule has 0 atom stereocenters. The normalized spacial score (nSPS) is 10.4. The minimum Gasteiger partial charge on any atom is -0.481 e. The Morgan fingerprint density at radius 2 is 0.812 bits per heavy atom. The molecule has 0 fully saturated rings. The maximum Gasteiger partial charge on any atom is 0.310 e. The number of unbranched alkanes of at least 4 members (excludes halogenated alkanes) is 1. The molecule has 0 amide bonds. The molecule has 2 N–H and O–H groups in total. The average Bonchev–Trinajstić information content (AvgIpc) is 2.73. The van der Waals surface area contributed by atoms with Crippen molar-refractivity contribution in [2.75, 3.05) is 13.2 Å². The van der Waals surface area contributed by atoms with Gasteiger partial charge >= 0.3 is 23.9 Å². The predicted molar refractivity (Wildman–Crippen MR) is 114 cm³/mol. The summed E-state index contributed by atoms with van der Waals surface area (Å²) in [6.45, 7) is 0.442. The van der Waals surface area contributed by atoms with Gasteiger partial charge < -0.3 is 19.7 Å². The van der Waals surface area contributed by atoms with Crippen LogP contribution in [-0.4, -0.2) is 47.3 Å². The Morgan fingerprint density at radius 1 is 0.531 bits per heavy atom. The van der Waals surface area contributed by atoms with Gasteiger partial charge in [-0.1, -0.05) is 48.5 Å². The Labute approximate surface area is 185 Å². The van der Waals surface area contributed by atoms with E-state index in [1.807, 2.05) is 0 Å². The van der Waals surface area contributed by atoms with Crippen LogP contribution >= 0.6 is 0 Å². The lowest BCUT2D eigenvalue weighted by Crippen LogP contribution is -2.12. The third-order valence-electron chi connectivity index (χ3n) is 4.52. The van der Waals surface area contributed by atoms with E-state index < -0.39 is 11.9 Å². The number of esters is 2. The van der Waals surface area contributed by atoms with Crippen LogP contribution in [0.15, 0.2) is 48.5 Å². The standard InChI is InChI=1S/C24H26O8/c25-21(26)13-17-3-7-19(8-4-17)15-23(29)31-11-1-2-12-32-24(30)16-20-9-5-18(6-10-20)14-22(27)28/h3-10H,1-2,11-16H2,(H,25,26)(H,27,28). The smallest absolute Gasteiger partial charge is 0.310 e. The quantitative estimate of drug-likeness (QED) is 0.358. The van der Waals surface area contributed by atoms with E-state index in [-0.39, 0.29) is 50.8 Å². The maximum absolute atomic E-state index is 11.9. The highest BCUT2D eigenvalue weighted by Crippen LogP contribution is 2.08. The minimum atomic E-state index is -0.908. The molecule has 2 rings (SSSR count). The first-order valence-corrected chi connectivity index (χ1v) is 10.2. The molecule has 0 radical (unpaired) electrons.